The Balaban J connectivity index is 1.98. The number of nitrogens with zero attached hydrogens (tertiary/aromatic N) is 3. The molecule has 9 heteroatoms. The number of barbiturate groups is 1. The van der Waals surface area contributed by atoms with Crippen molar-refractivity contribution in [2.24, 2.45) is 5.41 Å². The van der Waals surface area contributed by atoms with Crippen molar-refractivity contribution in [1.29, 1.82) is 0 Å². The SMILES string of the molecule is CC(C)N1C(=O)NC(=O)[C@@]2(Cc3cc([N+](=O)[O-])ccc3N(C)[C@@H]2c2ccccc2)C1=O. The van der Waals surface area contributed by atoms with Crippen LogP contribution in [0.3, 0.4) is 0 Å². The molecule has 1 N–H and O–H groups in total. The Labute approximate surface area is 178 Å². The summed E-state index contributed by atoms with van der Waals surface area (Å²) < 4.78 is 0. The Hall–Kier alpha value is -3.75. The third kappa shape index (κ3) is 2.96. The zero-order valence-electron chi connectivity index (χ0n) is 17.4. The predicted octanol–water partition coefficient (Wildman–Crippen LogP) is 2.80. The molecule has 1 saturated heterocycles. The number of anilines is 1. The van der Waals surface area contributed by atoms with E-state index >= 15 is 0 Å². The Kier molecular flexibility index (Phi) is 4.76. The van der Waals surface area contributed by atoms with Crippen LogP contribution in [0.25, 0.3) is 0 Å². The van der Waals surface area contributed by atoms with E-state index in [9.17, 15) is 24.5 Å². The molecule has 0 aromatic heterocycles. The number of urea groups is 1. The molecule has 2 aromatic carbocycles. The lowest BCUT2D eigenvalue weighted by molar-refractivity contribution is -0.384. The molecule has 0 aliphatic carbocycles. The van der Waals surface area contributed by atoms with Crippen LogP contribution in [0.1, 0.15) is 31.0 Å². The predicted molar refractivity (Wildman–Crippen MR) is 112 cm³/mol. The van der Waals surface area contributed by atoms with Gasteiger partial charge in [-0.15, -0.1) is 0 Å². The summed E-state index contributed by atoms with van der Waals surface area (Å²) in [5.41, 5.74) is 0.150. The van der Waals surface area contributed by atoms with E-state index in [2.05, 4.69) is 5.32 Å². The first-order valence-electron chi connectivity index (χ1n) is 9.92. The number of carbonyl (C=O) groups excluding carboxylic acids is 3. The van der Waals surface area contributed by atoms with Crippen LogP contribution in [0.4, 0.5) is 16.2 Å². The van der Waals surface area contributed by atoms with Crippen molar-refractivity contribution in [1.82, 2.24) is 10.2 Å². The van der Waals surface area contributed by atoms with Gasteiger partial charge in [0, 0.05) is 37.3 Å². The molecular formula is C22H22N4O5. The molecule has 9 nitrogen and oxygen atoms in total. The quantitative estimate of drug-likeness (QED) is 0.462. The van der Waals surface area contributed by atoms with Gasteiger partial charge >= 0.3 is 6.03 Å². The highest BCUT2D eigenvalue weighted by Crippen LogP contribution is 2.51. The van der Waals surface area contributed by atoms with Crippen LogP contribution in [0.5, 0.6) is 0 Å². The van der Waals surface area contributed by atoms with Gasteiger partial charge in [0.05, 0.1) is 11.0 Å². The first kappa shape index (κ1) is 20.5. The number of benzene rings is 2. The molecule has 4 amide bonds. The molecule has 160 valence electrons. The molecule has 4 rings (SSSR count). The lowest BCUT2D eigenvalue weighted by atomic mass is 9.66. The summed E-state index contributed by atoms with van der Waals surface area (Å²) in [6, 6.07) is 11.6. The highest BCUT2D eigenvalue weighted by molar-refractivity contribution is 6.20. The van der Waals surface area contributed by atoms with Gasteiger partial charge < -0.3 is 4.90 Å². The van der Waals surface area contributed by atoms with Crippen molar-refractivity contribution >= 4 is 29.2 Å². The zero-order chi connectivity index (χ0) is 22.5. The second-order valence-electron chi connectivity index (χ2n) is 8.17. The number of fused-ring (bicyclic) bond motifs is 1. The molecule has 2 aliphatic rings. The van der Waals surface area contributed by atoms with Gasteiger partial charge in [-0.05, 0) is 31.0 Å². The van der Waals surface area contributed by atoms with E-state index in [0.717, 1.165) is 10.5 Å². The highest BCUT2D eigenvalue weighted by atomic mass is 16.6. The topological polar surface area (TPSA) is 113 Å². The van der Waals surface area contributed by atoms with E-state index in [-0.39, 0.29) is 12.1 Å². The van der Waals surface area contributed by atoms with Gasteiger partial charge in [-0.3, -0.25) is 29.9 Å². The van der Waals surface area contributed by atoms with Crippen molar-refractivity contribution < 1.29 is 19.3 Å². The van der Waals surface area contributed by atoms with Gasteiger partial charge in [0.1, 0.15) is 0 Å². The van der Waals surface area contributed by atoms with E-state index in [1.165, 1.54) is 12.1 Å². The maximum atomic E-state index is 13.8. The van der Waals surface area contributed by atoms with Crippen LogP contribution in [0.15, 0.2) is 48.5 Å². The number of hydrogen-bond acceptors (Lipinski definition) is 6. The first-order valence-corrected chi connectivity index (χ1v) is 9.92. The fourth-order valence-electron chi connectivity index (χ4n) is 4.72. The number of rotatable bonds is 3. The van der Waals surface area contributed by atoms with Crippen LogP contribution in [0, 0.1) is 15.5 Å². The molecule has 2 heterocycles. The van der Waals surface area contributed by atoms with Crippen molar-refractivity contribution in [3.05, 3.63) is 69.8 Å². The van der Waals surface area contributed by atoms with Crippen LogP contribution in [0.2, 0.25) is 0 Å². The molecule has 0 saturated carbocycles. The minimum atomic E-state index is -1.66. The van der Waals surface area contributed by atoms with Crippen molar-refractivity contribution in [3.8, 4) is 0 Å². The molecule has 2 aliphatic heterocycles. The number of carbonyl (C=O) groups is 3. The average molecular weight is 422 g/mol. The minimum absolute atomic E-state index is 0.0604. The number of amides is 4. The van der Waals surface area contributed by atoms with Crippen LogP contribution in [-0.2, 0) is 16.0 Å². The summed E-state index contributed by atoms with van der Waals surface area (Å²) in [6.07, 6.45) is -0.0604. The second kappa shape index (κ2) is 7.19. The fraction of sp³-hybridized carbons (Fsp3) is 0.318. The van der Waals surface area contributed by atoms with E-state index in [4.69, 9.17) is 0 Å². The normalized spacial score (nSPS) is 23.2. The summed E-state index contributed by atoms with van der Waals surface area (Å²) in [5, 5.41) is 13.7. The average Bonchev–Trinajstić information content (AvgIpc) is 2.72. The molecule has 1 spiro atoms. The number of nitrogens with one attached hydrogen (secondary N) is 1. The summed E-state index contributed by atoms with van der Waals surface area (Å²) in [4.78, 5) is 53.3. The van der Waals surface area contributed by atoms with Gasteiger partial charge in [-0.1, -0.05) is 30.3 Å². The lowest BCUT2D eigenvalue weighted by Crippen LogP contribution is -2.70. The van der Waals surface area contributed by atoms with E-state index in [0.29, 0.717) is 11.3 Å². The van der Waals surface area contributed by atoms with Crippen molar-refractivity contribution in [2.45, 2.75) is 32.4 Å². The lowest BCUT2D eigenvalue weighted by Gasteiger charge is -2.51. The zero-order valence-corrected chi connectivity index (χ0v) is 17.4. The third-order valence-electron chi connectivity index (χ3n) is 6.05. The van der Waals surface area contributed by atoms with Crippen molar-refractivity contribution in [3.63, 3.8) is 0 Å². The first-order chi connectivity index (χ1) is 14.7. The number of nitro groups is 1. The van der Waals surface area contributed by atoms with E-state index in [1.54, 1.807) is 31.9 Å². The Bertz CT molecular complexity index is 1100. The number of nitro benzene ring substituents is 1. The summed E-state index contributed by atoms with van der Waals surface area (Å²) in [7, 11) is 1.75. The standard InChI is InChI=1S/C22H22N4O5/c1-13(2)25-20(28)22(19(27)23-21(25)29)12-15-11-16(26(30)31)9-10-17(15)24(3)18(22)14-7-5-4-6-8-14/h4-11,13,18H,12H2,1-3H3,(H,23,27,29)/t18-,22+/m1/s1. The smallest absolute Gasteiger partial charge is 0.331 e. The largest absolute Gasteiger partial charge is 0.366 e. The van der Waals surface area contributed by atoms with Crippen LogP contribution >= 0.6 is 0 Å². The number of hydrogen-bond donors (Lipinski definition) is 1. The molecule has 2 aromatic rings. The number of non-ortho nitro benzene ring substituents is 1. The van der Waals surface area contributed by atoms with E-state index in [1.807, 2.05) is 30.3 Å². The molecule has 0 bridgehead atoms. The highest BCUT2D eigenvalue weighted by Gasteiger charge is 2.62. The molecule has 0 unspecified atom stereocenters. The Morgan fingerprint density at radius 2 is 1.81 bits per heavy atom. The molecule has 31 heavy (non-hydrogen) atoms. The summed E-state index contributed by atoms with van der Waals surface area (Å²) in [6.45, 7) is 3.40. The van der Waals surface area contributed by atoms with Crippen LogP contribution < -0.4 is 10.2 Å². The molecule has 2 atom stereocenters. The monoisotopic (exact) mass is 422 g/mol. The van der Waals surface area contributed by atoms with Gasteiger partial charge in [0.25, 0.3) is 5.69 Å². The van der Waals surface area contributed by atoms with Crippen molar-refractivity contribution in [2.75, 3.05) is 11.9 Å². The maximum absolute atomic E-state index is 13.8. The second-order valence-corrected chi connectivity index (χ2v) is 8.17. The fourth-order valence-corrected chi connectivity index (χ4v) is 4.72. The maximum Gasteiger partial charge on any atom is 0.331 e. The molecular weight excluding hydrogens is 400 g/mol. The Morgan fingerprint density at radius 1 is 1.13 bits per heavy atom. The van der Waals surface area contributed by atoms with Gasteiger partial charge in [-0.2, -0.15) is 0 Å². The summed E-state index contributed by atoms with van der Waals surface area (Å²) in [5.74, 6) is -1.30. The number of imide groups is 2. The van der Waals surface area contributed by atoms with Gasteiger partial charge in [-0.25, -0.2) is 4.79 Å². The minimum Gasteiger partial charge on any atom is -0.366 e. The van der Waals surface area contributed by atoms with Gasteiger partial charge in [0.15, 0.2) is 5.41 Å². The van der Waals surface area contributed by atoms with E-state index < -0.39 is 40.3 Å². The summed E-state index contributed by atoms with van der Waals surface area (Å²) >= 11 is 0. The molecule has 1 fully saturated rings. The molecule has 0 radical (unpaired) electrons. The Morgan fingerprint density at radius 3 is 2.42 bits per heavy atom. The van der Waals surface area contributed by atoms with Gasteiger partial charge in [0.2, 0.25) is 11.8 Å². The third-order valence-corrected chi connectivity index (χ3v) is 6.05. The van der Waals surface area contributed by atoms with Crippen LogP contribution in [-0.4, -0.2) is 40.8 Å².